The van der Waals surface area contributed by atoms with Gasteiger partial charge in [0.2, 0.25) is 5.91 Å². The summed E-state index contributed by atoms with van der Waals surface area (Å²) < 4.78 is 0. The molecule has 154 valence electrons. The SMILES string of the molecule is CCC1c2ccsc2CCN1CC(=O)N1CCN(C(=O)Nc2ccccc2)CC1. The van der Waals surface area contributed by atoms with Gasteiger partial charge in [-0.3, -0.25) is 9.69 Å². The summed E-state index contributed by atoms with van der Waals surface area (Å²) in [6.07, 6.45) is 2.05. The summed E-state index contributed by atoms with van der Waals surface area (Å²) in [6, 6.07) is 11.9. The van der Waals surface area contributed by atoms with Crippen LogP contribution in [0.1, 0.15) is 29.8 Å². The lowest BCUT2D eigenvalue weighted by Gasteiger charge is -2.38. The Hall–Kier alpha value is -2.38. The summed E-state index contributed by atoms with van der Waals surface area (Å²) in [6.45, 7) is 5.91. The molecule has 0 aliphatic carbocycles. The van der Waals surface area contributed by atoms with Crippen LogP contribution in [0.3, 0.4) is 0 Å². The number of anilines is 1. The highest BCUT2D eigenvalue weighted by Gasteiger charge is 2.31. The number of benzene rings is 1. The van der Waals surface area contributed by atoms with E-state index in [0.717, 1.165) is 25.1 Å². The average Bonchev–Trinajstić information content (AvgIpc) is 3.23. The summed E-state index contributed by atoms with van der Waals surface area (Å²) in [4.78, 5) is 32.8. The van der Waals surface area contributed by atoms with Crippen LogP contribution in [-0.2, 0) is 11.2 Å². The van der Waals surface area contributed by atoms with Crippen LogP contribution < -0.4 is 5.32 Å². The molecule has 3 heterocycles. The maximum Gasteiger partial charge on any atom is 0.321 e. The highest BCUT2D eigenvalue weighted by Crippen LogP contribution is 2.35. The Bertz CT molecular complexity index is 846. The lowest BCUT2D eigenvalue weighted by Crippen LogP contribution is -2.54. The summed E-state index contributed by atoms with van der Waals surface area (Å²) in [5.74, 6) is 0.172. The fourth-order valence-corrected chi connectivity index (χ4v) is 5.20. The predicted molar refractivity (Wildman–Crippen MR) is 116 cm³/mol. The molecule has 0 bridgehead atoms. The van der Waals surface area contributed by atoms with Crippen molar-refractivity contribution in [1.82, 2.24) is 14.7 Å². The number of fused-ring (bicyclic) bond motifs is 1. The minimum atomic E-state index is -0.102. The monoisotopic (exact) mass is 412 g/mol. The molecular formula is C22H28N4O2S. The van der Waals surface area contributed by atoms with Gasteiger partial charge in [0.05, 0.1) is 6.54 Å². The van der Waals surface area contributed by atoms with E-state index in [2.05, 4.69) is 28.6 Å². The molecular weight excluding hydrogens is 384 g/mol. The van der Waals surface area contributed by atoms with Crippen molar-refractivity contribution in [2.24, 2.45) is 0 Å². The van der Waals surface area contributed by atoms with Gasteiger partial charge >= 0.3 is 6.03 Å². The predicted octanol–water partition coefficient (Wildman–Crippen LogP) is 3.43. The minimum Gasteiger partial charge on any atom is -0.338 e. The maximum atomic E-state index is 12.9. The van der Waals surface area contributed by atoms with Crippen molar-refractivity contribution < 1.29 is 9.59 Å². The first-order valence-electron chi connectivity index (χ1n) is 10.3. The molecule has 4 rings (SSSR count). The quantitative estimate of drug-likeness (QED) is 0.837. The molecule has 1 saturated heterocycles. The number of nitrogens with one attached hydrogen (secondary N) is 1. The number of para-hydroxylation sites is 1. The first-order valence-corrected chi connectivity index (χ1v) is 11.2. The summed E-state index contributed by atoms with van der Waals surface area (Å²) in [5, 5.41) is 5.08. The van der Waals surface area contributed by atoms with Gasteiger partial charge in [-0.1, -0.05) is 25.1 Å². The van der Waals surface area contributed by atoms with Crippen LogP contribution in [0, 0.1) is 0 Å². The van der Waals surface area contributed by atoms with Crippen LogP contribution in [0.2, 0.25) is 0 Å². The van der Waals surface area contributed by atoms with Gasteiger partial charge in [-0.2, -0.15) is 0 Å². The Morgan fingerprint density at radius 3 is 2.48 bits per heavy atom. The molecule has 3 amide bonds. The van der Waals surface area contributed by atoms with Gasteiger partial charge < -0.3 is 15.1 Å². The van der Waals surface area contributed by atoms with Gasteiger partial charge in [-0.05, 0) is 42.0 Å². The van der Waals surface area contributed by atoms with Gasteiger partial charge in [0.1, 0.15) is 0 Å². The second-order valence-electron chi connectivity index (χ2n) is 7.61. The summed E-state index contributed by atoms with van der Waals surface area (Å²) >= 11 is 1.83. The van der Waals surface area contributed by atoms with Crippen molar-refractivity contribution in [2.45, 2.75) is 25.8 Å². The number of nitrogens with zero attached hydrogens (tertiary/aromatic N) is 3. The Kier molecular flexibility index (Phi) is 6.16. The number of carbonyl (C=O) groups is 2. The van der Waals surface area contributed by atoms with Gasteiger partial charge in [0.15, 0.2) is 0 Å². The molecule has 1 aromatic heterocycles. The molecule has 2 aliphatic rings. The van der Waals surface area contributed by atoms with E-state index in [1.807, 2.05) is 46.6 Å². The van der Waals surface area contributed by atoms with E-state index in [0.29, 0.717) is 38.8 Å². The summed E-state index contributed by atoms with van der Waals surface area (Å²) in [7, 11) is 0. The van der Waals surface area contributed by atoms with Crippen molar-refractivity contribution in [1.29, 1.82) is 0 Å². The van der Waals surface area contributed by atoms with E-state index in [1.165, 1.54) is 10.4 Å². The lowest BCUT2D eigenvalue weighted by atomic mass is 9.98. The first kappa shape index (κ1) is 19.9. The molecule has 1 atom stereocenters. The maximum absolute atomic E-state index is 12.9. The zero-order valence-electron chi connectivity index (χ0n) is 16.8. The number of urea groups is 1. The van der Waals surface area contributed by atoms with Crippen LogP contribution in [0.15, 0.2) is 41.8 Å². The largest absolute Gasteiger partial charge is 0.338 e. The molecule has 0 radical (unpaired) electrons. The van der Waals surface area contributed by atoms with E-state index >= 15 is 0 Å². The van der Waals surface area contributed by atoms with Gasteiger partial charge in [0, 0.05) is 49.3 Å². The molecule has 1 unspecified atom stereocenters. The molecule has 1 aromatic carbocycles. The Morgan fingerprint density at radius 2 is 1.76 bits per heavy atom. The van der Waals surface area contributed by atoms with Crippen molar-refractivity contribution in [3.8, 4) is 0 Å². The van der Waals surface area contributed by atoms with Crippen LogP contribution in [-0.4, -0.2) is 65.9 Å². The second-order valence-corrected chi connectivity index (χ2v) is 8.61. The molecule has 2 aromatic rings. The second kappa shape index (κ2) is 8.97. The van der Waals surface area contributed by atoms with Gasteiger partial charge in [0.25, 0.3) is 0 Å². The number of hydrogen-bond acceptors (Lipinski definition) is 4. The number of amides is 3. The lowest BCUT2D eigenvalue weighted by molar-refractivity contribution is -0.134. The molecule has 1 N–H and O–H groups in total. The normalized spacial score (nSPS) is 19.7. The van der Waals surface area contributed by atoms with Crippen molar-refractivity contribution in [3.63, 3.8) is 0 Å². The Balaban J connectivity index is 1.29. The fraction of sp³-hybridized carbons (Fsp3) is 0.455. The third kappa shape index (κ3) is 4.46. The smallest absolute Gasteiger partial charge is 0.321 e. The van der Waals surface area contributed by atoms with Crippen LogP contribution in [0.4, 0.5) is 10.5 Å². The van der Waals surface area contributed by atoms with E-state index in [4.69, 9.17) is 0 Å². The van der Waals surface area contributed by atoms with E-state index < -0.39 is 0 Å². The third-order valence-electron chi connectivity index (χ3n) is 5.88. The number of carbonyl (C=O) groups excluding carboxylic acids is 2. The molecule has 29 heavy (non-hydrogen) atoms. The van der Waals surface area contributed by atoms with E-state index in [9.17, 15) is 9.59 Å². The highest BCUT2D eigenvalue weighted by molar-refractivity contribution is 7.10. The Morgan fingerprint density at radius 1 is 1.03 bits per heavy atom. The molecule has 0 spiro atoms. The van der Waals surface area contributed by atoms with E-state index in [-0.39, 0.29) is 11.9 Å². The molecule has 7 heteroatoms. The first-order chi connectivity index (χ1) is 14.2. The number of rotatable bonds is 4. The van der Waals surface area contributed by atoms with Crippen LogP contribution in [0.5, 0.6) is 0 Å². The topological polar surface area (TPSA) is 55.9 Å². The minimum absolute atomic E-state index is 0.102. The standard InChI is InChI=1S/C22H28N4O2S/c1-2-19-18-9-15-29-20(18)8-10-26(19)16-21(27)24-11-13-25(14-12-24)22(28)23-17-6-4-3-5-7-17/h3-7,9,15,19H,2,8,10-14,16H2,1H3,(H,23,28). The summed E-state index contributed by atoms with van der Waals surface area (Å²) in [5.41, 5.74) is 2.19. The molecule has 1 fully saturated rings. The third-order valence-corrected chi connectivity index (χ3v) is 6.87. The zero-order chi connectivity index (χ0) is 20.2. The molecule has 2 aliphatic heterocycles. The van der Waals surface area contributed by atoms with Gasteiger partial charge in [-0.15, -0.1) is 11.3 Å². The average molecular weight is 413 g/mol. The zero-order valence-corrected chi connectivity index (χ0v) is 17.7. The van der Waals surface area contributed by atoms with Crippen molar-refractivity contribution >= 4 is 29.0 Å². The van der Waals surface area contributed by atoms with Crippen molar-refractivity contribution in [2.75, 3.05) is 44.6 Å². The fourth-order valence-electron chi connectivity index (χ4n) is 4.27. The highest BCUT2D eigenvalue weighted by atomic mass is 32.1. The van der Waals surface area contributed by atoms with Crippen LogP contribution >= 0.6 is 11.3 Å². The number of hydrogen-bond donors (Lipinski definition) is 1. The van der Waals surface area contributed by atoms with Gasteiger partial charge in [-0.25, -0.2) is 4.79 Å². The Labute approximate surface area is 176 Å². The molecule has 0 saturated carbocycles. The van der Waals surface area contributed by atoms with Crippen LogP contribution in [0.25, 0.3) is 0 Å². The number of piperazine rings is 1. The van der Waals surface area contributed by atoms with E-state index in [1.54, 1.807) is 4.90 Å². The molecule has 6 nitrogen and oxygen atoms in total. The number of thiophene rings is 1. The van der Waals surface area contributed by atoms with Crippen molar-refractivity contribution in [3.05, 3.63) is 52.2 Å².